The van der Waals surface area contributed by atoms with E-state index in [4.69, 9.17) is 32.7 Å². The summed E-state index contributed by atoms with van der Waals surface area (Å²) in [6.45, 7) is 0.734. The quantitative estimate of drug-likeness (QED) is 0.350. The van der Waals surface area contributed by atoms with Crippen molar-refractivity contribution in [3.63, 3.8) is 0 Å². The number of aromatic hydroxyl groups is 1. The van der Waals surface area contributed by atoms with Crippen molar-refractivity contribution in [3.8, 4) is 17.2 Å². The Morgan fingerprint density at radius 2 is 1.69 bits per heavy atom. The van der Waals surface area contributed by atoms with Gasteiger partial charge in [0.2, 0.25) is 0 Å². The molecule has 0 spiro atoms. The number of anilines is 1. The van der Waals surface area contributed by atoms with Gasteiger partial charge in [0.05, 0.1) is 17.2 Å². The van der Waals surface area contributed by atoms with Gasteiger partial charge in [-0.15, -0.1) is 0 Å². The van der Waals surface area contributed by atoms with Crippen molar-refractivity contribution in [1.82, 2.24) is 0 Å². The van der Waals surface area contributed by atoms with Gasteiger partial charge in [-0.25, -0.2) is 4.39 Å². The normalized spacial score (nSPS) is 10.7. The number of nitrogens with one attached hydrogen (secondary N) is 1. The summed E-state index contributed by atoms with van der Waals surface area (Å²) in [6.07, 6.45) is 0. The molecular weight excluding hydrogens is 484 g/mol. The highest BCUT2D eigenvalue weighted by molar-refractivity contribution is 9.10. The van der Waals surface area contributed by atoms with E-state index in [1.54, 1.807) is 31.4 Å². The summed E-state index contributed by atoms with van der Waals surface area (Å²) >= 11 is 15.5. The second kappa shape index (κ2) is 9.57. The van der Waals surface area contributed by atoms with Crippen LogP contribution in [0, 0.1) is 5.82 Å². The predicted octanol–water partition coefficient (Wildman–Crippen LogP) is 6.80. The molecule has 0 radical (unpaired) electrons. The number of phenolic OH excluding ortho intramolecular Hbond substituents is 1. The Labute approximate surface area is 186 Å². The highest BCUT2D eigenvalue weighted by Crippen LogP contribution is 2.36. The lowest BCUT2D eigenvalue weighted by Crippen LogP contribution is -2.03. The van der Waals surface area contributed by atoms with Crippen LogP contribution < -0.4 is 14.8 Å². The van der Waals surface area contributed by atoms with E-state index in [-0.39, 0.29) is 28.2 Å². The fourth-order valence-electron chi connectivity index (χ4n) is 2.59. The molecule has 8 heteroatoms. The van der Waals surface area contributed by atoms with Crippen LogP contribution in [0.1, 0.15) is 11.1 Å². The molecule has 0 atom stereocenters. The van der Waals surface area contributed by atoms with Crippen molar-refractivity contribution < 1.29 is 19.0 Å². The van der Waals surface area contributed by atoms with Gasteiger partial charge in [-0.3, -0.25) is 0 Å². The number of hydrogen-bond acceptors (Lipinski definition) is 4. The topological polar surface area (TPSA) is 50.7 Å². The van der Waals surface area contributed by atoms with E-state index in [0.29, 0.717) is 23.7 Å². The molecule has 0 heterocycles. The van der Waals surface area contributed by atoms with E-state index in [0.717, 1.165) is 15.6 Å². The Kier molecular flexibility index (Phi) is 7.11. The van der Waals surface area contributed by atoms with Crippen LogP contribution in [-0.4, -0.2) is 12.2 Å². The van der Waals surface area contributed by atoms with Gasteiger partial charge in [0.25, 0.3) is 0 Å². The van der Waals surface area contributed by atoms with Crippen molar-refractivity contribution in [2.75, 3.05) is 12.4 Å². The first-order valence-corrected chi connectivity index (χ1v) is 10.1. The molecule has 29 heavy (non-hydrogen) atoms. The predicted molar refractivity (Wildman–Crippen MR) is 117 cm³/mol. The molecule has 0 saturated carbocycles. The third-order valence-electron chi connectivity index (χ3n) is 4.14. The van der Waals surface area contributed by atoms with Crippen LogP contribution in [0.2, 0.25) is 10.0 Å². The SMILES string of the molecule is COc1cc(CNc2cc(Cl)c(O)c(Cl)c2)c(Br)cc1OCc1ccc(F)cc1. The maximum atomic E-state index is 13.0. The molecule has 0 unspecified atom stereocenters. The summed E-state index contributed by atoms with van der Waals surface area (Å²) in [7, 11) is 1.56. The van der Waals surface area contributed by atoms with Gasteiger partial charge < -0.3 is 19.9 Å². The zero-order valence-electron chi connectivity index (χ0n) is 15.3. The molecule has 4 nitrogen and oxygen atoms in total. The first kappa shape index (κ1) is 21.6. The lowest BCUT2D eigenvalue weighted by molar-refractivity contribution is 0.284. The van der Waals surface area contributed by atoms with Crippen LogP contribution in [0.15, 0.2) is 53.0 Å². The van der Waals surface area contributed by atoms with Gasteiger partial charge in [-0.1, -0.05) is 51.3 Å². The monoisotopic (exact) mass is 499 g/mol. The maximum absolute atomic E-state index is 13.0. The van der Waals surface area contributed by atoms with Gasteiger partial charge in [0.1, 0.15) is 12.4 Å². The van der Waals surface area contributed by atoms with Crippen LogP contribution in [-0.2, 0) is 13.2 Å². The van der Waals surface area contributed by atoms with Crippen LogP contribution in [0.5, 0.6) is 17.2 Å². The Hall–Kier alpha value is -2.15. The molecule has 0 amide bonds. The van der Waals surface area contributed by atoms with E-state index in [1.807, 2.05) is 12.1 Å². The first-order valence-electron chi connectivity index (χ1n) is 8.53. The number of hydrogen-bond donors (Lipinski definition) is 2. The van der Waals surface area contributed by atoms with Crippen LogP contribution in [0.4, 0.5) is 10.1 Å². The molecule has 3 aromatic carbocycles. The molecule has 0 aliphatic heterocycles. The average Bonchev–Trinajstić information content (AvgIpc) is 2.70. The summed E-state index contributed by atoms with van der Waals surface area (Å²) in [5.74, 6) is 0.684. The molecule has 0 aliphatic carbocycles. The van der Waals surface area contributed by atoms with Crippen LogP contribution in [0.25, 0.3) is 0 Å². The van der Waals surface area contributed by atoms with Crippen molar-refractivity contribution in [2.45, 2.75) is 13.2 Å². The first-order chi connectivity index (χ1) is 13.9. The summed E-state index contributed by atoms with van der Waals surface area (Å²) in [5.41, 5.74) is 2.42. The second-order valence-electron chi connectivity index (χ2n) is 6.15. The molecule has 0 bridgehead atoms. The largest absolute Gasteiger partial charge is 0.505 e. The summed E-state index contributed by atoms with van der Waals surface area (Å²) in [5, 5.41) is 13.2. The van der Waals surface area contributed by atoms with Gasteiger partial charge in [0, 0.05) is 16.7 Å². The molecular formula is C21H17BrCl2FNO3. The third-order valence-corrected chi connectivity index (χ3v) is 5.45. The van der Waals surface area contributed by atoms with Gasteiger partial charge in [-0.2, -0.15) is 0 Å². The van der Waals surface area contributed by atoms with Gasteiger partial charge in [-0.05, 0) is 47.5 Å². The number of benzene rings is 3. The fourth-order valence-corrected chi connectivity index (χ4v) is 3.54. The minimum absolute atomic E-state index is 0.149. The summed E-state index contributed by atoms with van der Waals surface area (Å²) in [4.78, 5) is 0. The molecule has 0 saturated heterocycles. The molecule has 0 aliphatic rings. The van der Waals surface area contributed by atoms with E-state index < -0.39 is 0 Å². The minimum atomic E-state index is -0.290. The third kappa shape index (κ3) is 5.47. The number of halogens is 4. The number of rotatable bonds is 7. The van der Waals surface area contributed by atoms with E-state index in [9.17, 15) is 9.50 Å². The molecule has 3 aromatic rings. The van der Waals surface area contributed by atoms with Gasteiger partial charge >= 0.3 is 0 Å². The van der Waals surface area contributed by atoms with Crippen molar-refractivity contribution >= 4 is 44.8 Å². The minimum Gasteiger partial charge on any atom is -0.505 e. The Balaban J connectivity index is 1.73. The van der Waals surface area contributed by atoms with E-state index in [1.165, 1.54) is 12.1 Å². The maximum Gasteiger partial charge on any atom is 0.162 e. The zero-order chi connectivity index (χ0) is 21.0. The fraction of sp³-hybridized carbons (Fsp3) is 0.143. The van der Waals surface area contributed by atoms with E-state index in [2.05, 4.69) is 21.2 Å². The molecule has 3 rings (SSSR count). The van der Waals surface area contributed by atoms with Crippen molar-refractivity contribution in [2.24, 2.45) is 0 Å². The molecule has 0 fully saturated rings. The van der Waals surface area contributed by atoms with Crippen LogP contribution >= 0.6 is 39.1 Å². The lowest BCUT2D eigenvalue weighted by Gasteiger charge is -2.15. The highest BCUT2D eigenvalue weighted by Gasteiger charge is 2.12. The molecule has 0 aromatic heterocycles. The Bertz CT molecular complexity index is 993. The lowest BCUT2D eigenvalue weighted by atomic mass is 10.2. The average molecular weight is 501 g/mol. The summed E-state index contributed by atoms with van der Waals surface area (Å²) in [6, 6.07) is 13.0. The number of ether oxygens (including phenoxy) is 2. The second-order valence-corrected chi connectivity index (χ2v) is 7.82. The number of phenols is 1. The van der Waals surface area contributed by atoms with E-state index >= 15 is 0 Å². The van der Waals surface area contributed by atoms with Crippen molar-refractivity contribution in [3.05, 3.63) is 80.0 Å². The standard InChI is InChI=1S/C21H17BrCl2FNO3/c1-28-19-6-13(10-26-15-7-17(23)21(27)18(24)8-15)16(22)9-20(19)29-11-12-2-4-14(25)5-3-12/h2-9,26-27H,10-11H2,1H3. The highest BCUT2D eigenvalue weighted by atomic mass is 79.9. The Morgan fingerprint density at radius 1 is 1.03 bits per heavy atom. The zero-order valence-corrected chi connectivity index (χ0v) is 18.4. The van der Waals surface area contributed by atoms with Gasteiger partial charge in [0.15, 0.2) is 17.2 Å². The Morgan fingerprint density at radius 3 is 2.31 bits per heavy atom. The summed E-state index contributed by atoms with van der Waals surface area (Å²) < 4.78 is 25.1. The van der Waals surface area contributed by atoms with Crippen LogP contribution in [0.3, 0.4) is 0 Å². The van der Waals surface area contributed by atoms with Crippen molar-refractivity contribution in [1.29, 1.82) is 0 Å². The smallest absolute Gasteiger partial charge is 0.162 e. The number of methoxy groups -OCH3 is 1. The molecule has 152 valence electrons. The molecule has 2 N–H and O–H groups in total.